The molecule has 242 valence electrons. The normalized spacial score (nSPS) is 24.5. The second-order valence-corrected chi connectivity index (χ2v) is 13.3. The van der Waals surface area contributed by atoms with Gasteiger partial charge in [-0.2, -0.15) is 9.06 Å². The molecule has 0 spiro atoms. The molecule has 2 N–H and O–H groups in total. The Hall–Kier alpha value is -4.13. The summed E-state index contributed by atoms with van der Waals surface area (Å²) in [5.74, 6) is -1.53. The summed E-state index contributed by atoms with van der Waals surface area (Å²) in [5.41, 5.74) is -2.88. The Labute approximate surface area is 262 Å². The van der Waals surface area contributed by atoms with E-state index in [1.54, 1.807) is 18.2 Å². The fourth-order valence-corrected chi connectivity index (χ4v) is 7.89. The van der Waals surface area contributed by atoms with Crippen LogP contribution in [0.2, 0.25) is 0 Å². The number of carbonyl (C=O) groups is 1. The first kappa shape index (κ1) is 31.8. The highest BCUT2D eigenvalue weighted by Gasteiger charge is 2.50. The number of aromatic nitrogens is 2. The summed E-state index contributed by atoms with van der Waals surface area (Å²) < 4.78 is 54.9. The predicted molar refractivity (Wildman–Crippen MR) is 165 cm³/mol. The van der Waals surface area contributed by atoms with Gasteiger partial charge in [-0.25, -0.2) is 9.36 Å². The number of halogens is 1. The summed E-state index contributed by atoms with van der Waals surface area (Å²) in [4.78, 5) is 39.2. The molecule has 5 atom stereocenters. The van der Waals surface area contributed by atoms with Crippen molar-refractivity contribution in [2.75, 3.05) is 13.2 Å². The van der Waals surface area contributed by atoms with Crippen molar-refractivity contribution in [3.63, 3.8) is 0 Å². The average molecular weight is 654 g/mol. The summed E-state index contributed by atoms with van der Waals surface area (Å²) >= 11 is 0. The van der Waals surface area contributed by atoms with Gasteiger partial charge in [-0.05, 0) is 36.8 Å². The highest BCUT2D eigenvalue weighted by molar-refractivity contribution is 7.51. The molecular formula is C32H33FN3O9P. The van der Waals surface area contributed by atoms with Gasteiger partial charge in [-0.15, -0.1) is 0 Å². The number of H-pyrrole nitrogens is 1. The van der Waals surface area contributed by atoms with Gasteiger partial charge in [0.25, 0.3) is 5.56 Å². The molecule has 0 saturated carbocycles. The summed E-state index contributed by atoms with van der Waals surface area (Å²) in [6.07, 6.45) is -0.967. The number of nitrogens with one attached hydrogen (secondary N) is 1. The molecule has 3 unspecified atom stereocenters. The number of rotatable bonds is 10. The lowest BCUT2D eigenvalue weighted by Crippen LogP contribution is -2.43. The highest BCUT2D eigenvalue weighted by atomic mass is 31.2. The van der Waals surface area contributed by atoms with Crippen LogP contribution in [0.1, 0.15) is 31.7 Å². The molecule has 46 heavy (non-hydrogen) atoms. The highest BCUT2D eigenvalue weighted by Crippen LogP contribution is 2.56. The van der Waals surface area contributed by atoms with E-state index < -0.39 is 61.4 Å². The van der Waals surface area contributed by atoms with Crippen molar-refractivity contribution in [2.45, 2.75) is 56.8 Å². The molecule has 1 aromatic heterocycles. The quantitative estimate of drug-likeness (QED) is 0.190. The topological polar surface area (TPSA) is 149 Å². The van der Waals surface area contributed by atoms with Crippen LogP contribution in [0, 0.1) is 5.82 Å². The van der Waals surface area contributed by atoms with Gasteiger partial charge in [-0.1, -0.05) is 66.7 Å². The molecule has 2 fully saturated rings. The maximum absolute atomic E-state index is 14.8. The monoisotopic (exact) mass is 653 g/mol. The van der Waals surface area contributed by atoms with Gasteiger partial charge in [-0.3, -0.25) is 23.7 Å². The van der Waals surface area contributed by atoms with E-state index in [0.717, 1.165) is 15.5 Å². The second kappa shape index (κ2) is 12.9. The maximum atomic E-state index is 14.8. The molecule has 2 saturated heterocycles. The maximum Gasteiger partial charge on any atom is 0.462 e. The molecule has 3 aromatic carbocycles. The minimum Gasteiger partial charge on any atom is -0.460 e. The fraction of sp³-hybridized carbons (Fsp3) is 0.344. The van der Waals surface area contributed by atoms with E-state index in [-0.39, 0.29) is 25.3 Å². The van der Waals surface area contributed by atoms with Gasteiger partial charge in [0.15, 0.2) is 0 Å². The number of hydrogen-bond donors (Lipinski definition) is 2. The molecule has 2 aliphatic heterocycles. The van der Waals surface area contributed by atoms with Crippen LogP contribution in [-0.2, 0) is 35.7 Å². The summed E-state index contributed by atoms with van der Waals surface area (Å²) in [5, 5.41) is 12.4. The van der Waals surface area contributed by atoms with Crippen molar-refractivity contribution >= 4 is 24.5 Å². The van der Waals surface area contributed by atoms with Crippen LogP contribution in [0.5, 0.6) is 5.75 Å². The Balaban J connectivity index is 1.27. The molecule has 6 rings (SSSR count). The molecular weight excluding hydrogens is 620 g/mol. The Morgan fingerprint density at radius 1 is 1.11 bits per heavy atom. The van der Waals surface area contributed by atoms with Crippen LogP contribution in [0.15, 0.2) is 88.6 Å². The van der Waals surface area contributed by atoms with Gasteiger partial charge >= 0.3 is 19.4 Å². The van der Waals surface area contributed by atoms with E-state index in [2.05, 4.69) is 0 Å². The summed E-state index contributed by atoms with van der Waals surface area (Å²) in [7, 11) is -4.35. The fourth-order valence-electron chi connectivity index (χ4n) is 5.90. The summed E-state index contributed by atoms with van der Waals surface area (Å²) in [6.45, 7) is 1.21. The number of aliphatic hydroxyl groups is 1. The third-order valence-electron chi connectivity index (χ3n) is 8.23. The number of nitrogens with zero attached hydrogens (tertiary/aromatic N) is 2. The molecule has 0 amide bonds. The van der Waals surface area contributed by atoms with Crippen LogP contribution in [0.3, 0.4) is 0 Å². The molecule has 3 heterocycles. The Kier molecular flexibility index (Phi) is 8.95. The van der Waals surface area contributed by atoms with Crippen molar-refractivity contribution in [3.8, 4) is 5.75 Å². The van der Waals surface area contributed by atoms with Crippen LogP contribution in [0.25, 0.3) is 10.8 Å². The van der Waals surface area contributed by atoms with Gasteiger partial charge in [0.05, 0.1) is 18.9 Å². The Bertz CT molecular complexity index is 1900. The number of ether oxygens (including phenoxy) is 2. The van der Waals surface area contributed by atoms with E-state index >= 15 is 0 Å². The molecule has 0 radical (unpaired) electrons. The van der Waals surface area contributed by atoms with E-state index in [1.165, 1.54) is 11.6 Å². The smallest absolute Gasteiger partial charge is 0.460 e. The molecule has 12 nitrogen and oxygen atoms in total. The first-order valence-electron chi connectivity index (χ1n) is 14.8. The first-order valence-corrected chi connectivity index (χ1v) is 16.3. The first-order chi connectivity index (χ1) is 22.1. The zero-order chi connectivity index (χ0) is 32.5. The minimum atomic E-state index is -4.35. The molecule has 0 bridgehead atoms. The van der Waals surface area contributed by atoms with Crippen molar-refractivity contribution < 1.29 is 37.4 Å². The van der Waals surface area contributed by atoms with Gasteiger partial charge < -0.3 is 19.1 Å². The predicted octanol–water partition coefficient (Wildman–Crippen LogP) is 4.06. The lowest BCUT2D eigenvalue weighted by Gasteiger charge is -2.32. The number of benzene rings is 3. The SMILES string of the molecule is C[C@]1(n2cc(F)c(=O)[nH]c2=O)CC(O)[C@@H](COP(=O)(Oc2cccc3ccccc23)N2CCCC2C(=O)OCc2ccccc2)O1. The number of aliphatic hydroxyl groups excluding tert-OH is 1. The van der Waals surface area contributed by atoms with Crippen molar-refractivity contribution in [3.05, 3.63) is 111 Å². The lowest BCUT2D eigenvalue weighted by atomic mass is 10.1. The van der Waals surface area contributed by atoms with Crippen LogP contribution in [-0.4, -0.2) is 56.7 Å². The molecule has 2 aliphatic rings. The van der Waals surface area contributed by atoms with Gasteiger partial charge in [0, 0.05) is 18.4 Å². The molecule has 14 heteroatoms. The zero-order valence-corrected chi connectivity index (χ0v) is 25.8. The van der Waals surface area contributed by atoms with Gasteiger partial charge in [0.1, 0.15) is 30.2 Å². The van der Waals surface area contributed by atoms with Crippen LogP contribution >= 0.6 is 7.75 Å². The van der Waals surface area contributed by atoms with Crippen molar-refractivity contribution in [1.29, 1.82) is 0 Å². The third-order valence-corrected chi connectivity index (χ3v) is 10.2. The Morgan fingerprint density at radius 3 is 2.65 bits per heavy atom. The second-order valence-electron chi connectivity index (χ2n) is 11.5. The standard InChI is InChI=1S/C32H33FN3O9P/c1-32(35-18-24(33)29(38)34-31(35)40)17-26(37)28(44-32)20-43-46(41,45-27-15-7-12-22-11-5-6-13-23(22)27)36-16-8-14-25(36)30(39)42-19-21-9-3-2-4-10-21/h2-7,9-13,15,18,25-26,28,37H,8,14,16-17,19-20H2,1H3,(H,34,38,40)/t25?,26?,28-,32-,46?/m1/s1. The zero-order valence-electron chi connectivity index (χ0n) is 24.9. The molecule has 4 aromatic rings. The van der Waals surface area contributed by atoms with Crippen LogP contribution < -0.4 is 15.8 Å². The average Bonchev–Trinajstić information content (AvgIpc) is 3.66. The Morgan fingerprint density at radius 2 is 1.85 bits per heavy atom. The minimum absolute atomic E-state index is 0.0325. The largest absolute Gasteiger partial charge is 0.462 e. The third kappa shape index (κ3) is 6.42. The number of aromatic amines is 1. The summed E-state index contributed by atoms with van der Waals surface area (Å²) in [6, 6.07) is 20.8. The van der Waals surface area contributed by atoms with E-state index in [4.69, 9.17) is 18.5 Å². The van der Waals surface area contributed by atoms with E-state index in [9.17, 15) is 28.4 Å². The van der Waals surface area contributed by atoms with E-state index in [0.29, 0.717) is 24.4 Å². The van der Waals surface area contributed by atoms with Crippen molar-refractivity contribution in [1.82, 2.24) is 14.2 Å². The molecule has 0 aliphatic carbocycles. The number of hydrogen-bond acceptors (Lipinski definition) is 9. The lowest BCUT2D eigenvalue weighted by molar-refractivity contribution is -0.149. The van der Waals surface area contributed by atoms with Crippen molar-refractivity contribution in [2.24, 2.45) is 0 Å². The number of carbonyl (C=O) groups excluding carboxylic acids is 1. The van der Waals surface area contributed by atoms with Crippen LogP contribution in [0.4, 0.5) is 4.39 Å². The number of esters is 1. The van der Waals surface area contributed by atoms with E-state index in [1.807, 2.05) is 59.6 Å². The van der Waals surface area contributed by atoms with Gasteiger partial charge in [0.2, 0.25) is 5.82 Å². The number of fused-ring (bicyclic) bond motifs is 1.